The lowest BCUT2D eigenvalue weighted by Gasteiger charge is -2.05. The average Bonchev–Trinajstić information content (AvgIpc) is 2.94. The molecule has 4 nitrogen and oxygen atoms in total. The van der Waals surface area contributed by atoms with Crippen LogP contribution in [-0.2, 0) is 6.54 Å². The number of aromatic nitrogens is 2. The number of nitrogens with zero attached hydrogens (tertiary/aromatic N) is 2. The van der Waals surface area contributed by atoms with Crippen molar-refractivity contribution >= 4 is 28.7 Å². The van der Waals surface area contributed by atoms with E-state index in [2.05, 4.69) is 14.1 Å². The predicted molar refractivity (Wildman–Crippen MR) is 75.0 cm³/mol. The third kappa shape index (κ3) is 2.50. The zero-order valence-corrected chi connectivity index (χ0v) is 11.2. The highest BCUT2D eigenvalue weighted by molar-refractivity contribution is 7.00. The van der Waals surface area contributed by atoms with E-state index in [4.69, 9.17) is 0 Å². The Labute approximate surface area is 118 Å². The minimum Gasteiger partial charge on any atom is -0.348 e. The molecule has 20 heavy (non-hydrogen) atoms. The molecule has 3 rings (SSSR count). The van der Waals surface area contributed by atoms with E-state index in [9.17, 15) is 9.18 Å². The summed E-state index contributed by atoms with van der Waals surface area (Å²) in [5.41, 5.74) is 2.65. The molecule has 0 spiro atoms. The monoisotopic (exact) mass is 287 g/mol. The Hall–Kier alpha value is -2.34. The van der Waals surface area contributed by atoms with Crippen molar-refractivity contribution in [1.82, 2.24) is 14.1 Å². The minimum absolute atomic E-state index is 0.215. The summed E-state index contributed by atoms with van der Waals surface area (Å²) in [6.07, 6.45) is 0. The van der Waals surface area contributed by atoms with Crippen LogP contribution in [0.5, 0.6) is 0 Å². The quantitative estimate of drug-likeness (QED) is 0.806. The third-order valence-corrected chi connectivity index (χ3v) is 3.44. The molecule has 0 aliphatic carbocycles. The van der Waals surface area contributed by atoms with Crippen LogP contribution in [0.4, 0.5) is 4.39 Å². The van der Waals surface area contributed by atoms with Crippen molar-refractivity contribution in [2.75, 3.05) is 0 Å². The largest absolute Gasteiger partial charge is 0.348 e. The van der Waals surface area contributed by atoms with Crippen LogP contribution in [0.2, 0.25) is 0 Å². The summed E-state index contributed by atoms with van der Waals surface area (Å²) in [5.74, 6) is -0.508. The Morgan fingerprint density at radius 1 is 1.15 bits per heavy atom. The molecule has 0 saturated carbocycles. The van der Waals surface area contributed by atoms with Gasteiger partial charge in [-0.25, -0.2) is 4.39 Å². The molecule has 1 heterocycles. The Morgan fingerprint density at radius 2 is 1.95 bits per heavy atom. The first-order chi connectivity index (χ1) is 9.74. The number of rotatable bonds is 3. The van der Waals surface area contributed by atoms with E-state index in [0.717, 1.165) is 17.3 Å². The first kappa shape index (κ1) is 12.7. The first-order valence-corrected chi connectivity index (χ1v) is 6.71. The summed E-state index contributed by atoms with van der Waals surface area (Å²) >= 11 is 1.08. The molecule has 1 aromatic heterocycles. The first-order valence-electron chi connectivity index (χ1n) is 5.98. The summed E-state index contributed by atoms with van der Waals surface area (Å²) in [6, 6.07) is 11.3. The molecule has 0 aliphatic heterocycles. The summed E-state index contributed by atoms with van der Waals surface area (Å²) in [4.78, 5) is 12.1. The number of amides is 1. The lowest BCUT2D eigenvalue weighted by molar-refractivity contribution is 0.0952. The van der Waals surface area contributed by atoms with Gasteiger partial charge in [-0.15, -0.1) is 0 Å². The topological polar surface area (TPSA) is 54.9 Å². The number of carbonyl (C=O) groups is 1. The van der Waals surface area contributed by atoms with Gasteiger partial charge >= 0.3 is 0 Å². The van der Waals surface area contributed by atoms with Gasteiger partial charge in [-0.3, -0.25) is 4.79 Å². The molecular formula is C14H10FN3OS. The molecule has 0 fully saturated rings. The average molecular weight is 287 g/mol. The van der Waals surface area contributed by atoms with Crippen LogP contribution < -0.4 is 5.32 Å². The fourth-order valence-electron chi connectivity index (χ4n) is 1.87. The Kier molecular flexibility index (Phi) is 3.39. The molecule has 2 aromatic carbocycles. The van der Waals surface area contributed by atoms with Crippen LogP contribution in [0, 0.1) is 5.82 Å². The van der Waals surface area contributed by atoms with Gasteiger partial charge in [0, 0.05) is 6.54 Å². The zero-order valence-electron chi connectivity index (χ0n) is 10.3. The number of fused-ring (bicyclic) bond motifs is 1. The number of hydrogen-bond donors (Lipinski definition) is 1. The molecule has 0 aliphatic rings. The maximum atomic E-state index is 12.8. The SMILES string of the molecule is O=C(NCc1ccc(F)cc1)c1cccc2nsnc12. The second-order valence-electron chi connectivity index (χ2n) is 4.25. The third-order valence-electron chi connectivity index (χ3n) is 2.90. The molecule has 0 saturated heterocycles. The molecule has 0 atom stereocenters. The number of hydrogen-bond acceptors (Lipinski definition) is 4. The summed E-state index contributed by atoms with van der Waals surface area (Å²) in [5, 5.41) is 2.79. The van der Waals surface area contributed by atoms with E-state index in [-0.39, 0.29) is 11.7 Å². The summed E-state index contributed by atoms with van der Waals surface area (Å²) in [7, 11) is 0. The molecule has 0 radical (unpaired) electrons. The van der Waals surface area contributed by atoms with Gasteiger partial charge in [-0.2, -0.15) is 8.75 Å². The van der Waals surface area contributed by atoms with Gasteiger partial charge < -0.3 is 5.32 Å². The maximum Gasteiger partial charge on any atom is 0.253 e. The van der Waals surface area contributed by atoms with E-state index < -0.39 is 0 Å². The van der Waals surface area contributed by atoms with Gasteiger partial charge in [0.2, 0.25) is 0 Å². The van der Waals surface area contributed by atoms with Crippen molar-refractivity contribution in [3.05, 3.63) is 59.4 Å². The number of halogens is 1. The Bertz CT molecular complexity index is 754. The fraction of sp³-hybridized carbons (Fsp3) is 0.0714. The molecule has 3 aromatic rings. The van der Waals surface area contributed by atoms with Crippen LogP contribution in [0.1, 0.15) is 15.9 Å². The second-order valence-corrected chi connectivity index (χ2v) is 4.78. The summed E-state index contributed by atoms with van der Waals surface area (Å²) < 4.78 is 21.0. The maximum absolute atomic E-state index is 12.8. The van der Waals surface area contributed by atoms with Gasteiger partial charge in [-0.1, -0.05) is 18.2 Å². The van der Waals surface area contributed by atoms with Gasteiger partial charge in [-0.05, 0) is 29.8 Å². The van der Waals surface area contributed by atoms with Gasteiger partial charge in [0.05, 0.1) is 17.3 Å². The second kappa shape index (κ2) is 5.34. The molecule has 0 unspecified atom stereocenters. The summed E-state index contributed by atoms with van der Waals surface area (Å²) in [6.45, 7) is 0.340. The van der Waals surface area contributed by atoms with E-state index in [1.807, 2.05) is 6.07 Å². The van der Waals surface area contributed by atoms with Gasteiger partial charge in [0.1, 0.15) is 16.9 Å². The molecular weight excluding hydrogens is 277 g/mol. The van der Waals surface area contributed by atoms with Crippen LogP contribution in [0.15, 0.2) is 42.5 Å². The number of carbonyl (C=O) groups excluding carboxylic acids is 1. The lowest BCUT2D eigenvalue weighted by Crippen LogP contribution is -2.23. The van der Waals surface area contributed by atoms with Crippen molar-refractivity contribution in [3.63, 3.8) is 0 Å². The Morgan fingerprint density at radius 3 is 2.75 bits per heavy atom. The zero-order chi connectivity index (χ0) is 13.9. The smallest absolute Gasteiger partial charge is 0.253 e. The highest BCUT2D eigenvalue weighted by Crippen LogP contribution is 2.16. The van der Waals surface area contributed by atoms with Gasteiger partial charge in [0.25, 0.3) is 5.91 Å². The van der Waals surface area contributed by atoms with E-state index in [1.165, 1.54) is 12.1 Å². The molecule has 1 N–H and O–H groups in total. The van der Waals surface area contributed by atoms with Crippen molar-refractivity contribution in [3.8, 4) is 0 Å². The van der Waals surface area contributed by atoms with E-state index >= 15 is 0 Å². The fourth-order valence-corrected chi connectivity index (χ4v) is 2.42. The van der Waals surface area contributed by atoms with Gasteiger partial charge in [0.15, 0.2) is 0 Å². The van der Waals surface area contributed by atoms with Crippen LogP contribution >= 0.6 is 11.7 Å². The number of benzene rings is 2. The molecule has 100 valence electrons. The van der Waals surface area contributed by atoms with E-state index in [1.54, 1.807) is 24.3 Å². The van der Waals surface area contributed by atoms with Crippen molar-refractivity contribution < 1.29 is 9.18 Å². The normalized spacial score (nSPS) is 10.7. The van der Waals surface area contributed by atoms with E-state index in [0.29, 0.717) is 23.1 Å². The van der Waals surface area contributed by atoms with Crippen LogP contribution in [0.25, 0.3) is 11.0 Å². The predicted octanol–water partition coefficient (Wildman–Crippen LogP) is 2.76. The standard InChI is InChI=1S/C14H10FN3OS/c15-10-6-4-9(5-7-10)8-16-14(19)11-2-1-3-12-13(11)18-20-17-12/h1-7H,8H2,(H,16,19). The van der Waals surface area contributed by atoms with Crippen molar-refractivity contribution in [2.45, 2.75) is 6.54 Å². The van der Waals surface area contributed by atoms with Crippen LogP contribution in [0.3, 0.4) is 0 Å². The van der Waals surface area contributed by atoms with Crippen molar-refractivity contribution in [2.24, 2.45) is 0 Å². The molecule has 0 bridgehead atoms. The highest BCUT2D eigenvalue weighted by atomic mass is 32.1. The lowest BCUT2D eigenvalue weighted by atomic mass is 10.1. The van der Waals surface area contributed by atoms with Crippen LogP contribution in [-0.4, -0.2) is 14.7 Å². The minimum atomic E-state index is -0.293. The Balaban J connectivity index is 1.76. The highest BCUT2D eigenvalue weighted by Gasteiger charge is 2.12. The number of nitrogens with one attached hydrogen (secondary N) is 1. The van der Waals surface area contributed by atoms with Crippen molar-refractivity contribution in [1.29, 1.82) is 0 Å². The molecule has 1 amide bonds. The molecule has 6 heteroatoms.